The Bertz CT molecular complexity index is 912. The van der Waals surface area contributed by atoms with Crippen molar-refractivity contribution in [3.8, 4) is 0 Å². The molecule has 1 amide bonds. The Balaban J connectivity index is 1.52. The van der Waals surface area contributed by atoms with Gasteiger partial charge in [0.25, 0.3) is 0 Å². The minimum atomic E-state index is 0.00141. The van der Waals surface area contributed by atoms with Crippen molar-refractivity contribution in [2.75, 3.05) is 5.75 Å². The number of nitrogens with zero attached hydrogens (tertiary/aromatic N) is 3. The molecule has 0 aliphatic rings. The molecular formula is C21H23BrN4OS. The molecule has 1 aromatic heterocycles. The standard InChI is InChI=1S/C21H23BrN4OS/c1-15(12-17-8-10-19(22)11-9-17)23-20(27)14-28-21-25-24-16(2)26(21)13-18-6-4-3-5-7-18/h3-11,15H,12-14H2,1-2H3,(H,23,27). The van der Waals surface area contributed by atoms with Gasteiger partial charge in [-0.05, 0) is 43.5 Å². The van der Waals surface area contributed by atoms with Gasteiger partial charge in [0, 0.05) is 10.5 Å². The Labute approximate surface area is 178 Å². The summed E-state index contributed by atoms with van der Waals surface area (Å²) in [6.45, 7) is 4.65. The molecule has 1 atom stereocenters. The van der Waals surface area contributed by atoms with Crippen LogP contribution >= 0.6 is 27.7 Å². The summed E-state index contributed by atoms with van der Waals surface area (Å²) in [6, 6.07) is 18.4. The van der Waals surface area contributed by atoms with E-state index in [1.165, 1.54) is 22.9 Å². The van der Waals surface area contributed by atoms with Crippen LogP contribution in [-0.2, 0) is 17.8 Å². The van der Waals surface area contributed by atoms with Crippen molar-refractivity contribution in [3.05, 3.63) is 76.0 Å². The van der Waals surface area contributed by atoms with E-state index in [-0.39, 0.29) is 11.9 Å². The lowest BCUT2D eigenvalue weighted by Crippen LogP contribution is -2.35. The molecule has 0 saturated carbocycles. The zero-order valence-electron chi connectivity index (χ0n) is 15.9. The van der Waals surface area contributed by atoms with Crippen molar-refractivity contribution < 1.29 is 4.79 Å². The number of aromatic nitrogens is 3. The smallest absolute Gasteiger partial charge is 0.230 e. The normalized spacial score (nSPS) is 12.0. The summed E-state index contributed by atoms with van der Waals surface area (Å²) in [7, 11) is 0. The number of thioether (sulfide) groups is 1. The zero-order valence-corrected chi connectivity index (χ0v) is 18.3. The van der Waals surface area contributed by atoms with E-state index < -0.39 is 0 Å². The van der Waals surface area contributed by atoms with Gasteiger partial charge in [-0.15, -0.1) is 10.2 Å². The molecule has 1 N–H and O–H groups in total. The Morgan fingerprint density at radius 3 is 2.54 bits per heavy atom. The van der Waals surface area contributed by atoms with E-state index in [0.29, 0.717) is 12.3 Å². The summed E-state index contributed by atoms with van der Waals surface area (Å²) >= 11 is 4.85. The van der Waals surface area contributed by atoms with Crippen LogP contribution in [0.15, 0.2) is 64.2 Å². The fraction of sp³-hybridized carbons (Fsp3) is 0.286. The third-order valence-electron chi connectivity index (χ3n) is 4.28. The summed E-state index contributed by atoms with van der Waals surface area (Å²) < 4.78 is 3.10. The summed E-state index contributed by atoms with van der Waals surface area (Å²) in [5, 5.41) is 12.2. The quantitative estimate of drug-likeness (QED) is 0.512. The number of rotatable bonds is 8. The summed E-state index contributed by atoms with van der Waals surface area (Å²) in [5.41, 5.74) is 2.38. The highest BCUT2D eigenvalue weighted by Crippen LogP contribution is 2.18. The number of hydrogen-bond donors (Lipinski definition) is 1. The van der Waals surface area contributed by atoms with Crippen LogP contribution in [0.2, 0.25) is 0 Å². The van der Waals surface area contributed by atoms with Crippen molar-refractivity contribution in [1.82, 2.24) is 20.1 Å². The van der Waals surface area contributed by atoms with Gasteiger partial charge in [0.15, 0.2) is 5.16 Å². The number of halogens is 1. The highest BCUT2D eigenvalue weighted by molar-refractivity contribution is 9.10. The van der Waals surface area contributed by atoms with Gasteiger partial charge in [0.05, 0.1) is 12.3 Å². The molecule has 0 saturated heterocycles. The van der Waals surface area contributed by atoms with Crippen molar-refractivity contribution in [2.45, 2.75) is 38.0 Å². The lowest BCUT2D eigenvalue weighted by atomic mass is 10.1. The number of carbonyl (C=O) groups is 1. The first-order valence-corrected chi connectivity index (χ1v) is 10.9. The van der Waals surface area contributed by atoms with E-state index in [1.54, 1.807) is 0 Å². The van der Waals surface area contributed by atoms with Gasteiger partial charge in [0.2, 0.25) is 5.91 Å². The van der Waals surface area contributed by atoms with Gasteiger partial charge in [-0.3, -0.25) is 4.79 Å². The molecule has 3 aromatic rings. The van der Waals surface area contributed by atoms with Gasteiger partial charge in [-0.2, -0.15) is 0 Å². The molecule has 2 aromatic carbocycles. The Kier molecular flexibility index (Phi) is 7.28. The van der Waals surface area contributed by atoms with Gasteiger partial charge >= 0.3 is 0 Å². The fourth-order valence-corrected chi connectivity index (χ4v) is 3.95. The van der Waals surface area contributed by atoms with Crippen LogP contribution in [0.5, 0.6) is 0 Å². The summed E-state index contributed by atoms with van der Waals surface area (Å²) in [6.07, 6.45) is 0.799. The lowest BCUT2D eigenvalue weighted by Gasteiger charge is -2.14. The van der Waals surface area contributed by atoms with Crippen molar-refractivity contribution in [1.29, 1.82) is 0 Å². The van der Waals surface area contributed by atoms with Crippen molar-refractivity contribution in [3.63, 3.8) is 0 Å². The van der Waals surface area contributed by atoms with E-state index in [0.717, 1.165) is 21.9 Å². The number of hydrogen-bond acceptors (Lipinski definition) is 4. The maximum absolute atomic E-state index is 12.4. The minimum absolute atomic E-state index is 0.00141. The Morgan fingerprint density at radius 2 is 1.82 bits per heavy atom. The second-order valence-corrected chi connectivity index (χ2v) is 8.55. The average molecular weight is 459 g/mol. The van der Waals surface area contributed by atoms with E-state index in [2.05, 4.69) is 55.7 Å². The number of nitrogens with one attached hydrogen (secondary N) is 1. The van der Waals surface area contributed by atoms with Crippen LogP contribution in [0.1, 0.15) is 23.9 Å². The maximum atomic E-state index is 12.4. The molecule has 28 heavy (non-hydrogen) atoms. The predicted octanol–water partition coefficient (Wildman–Crippen LogP) is 4.24. The highest BCUT2D eigenvalue weighted by atomic mass is 79.9. The maximum Gasteiger partial charge on any atom is 0.230 e. The molecule has 0 spiro atoms. The zero-order chi connectivity index (χ0) is 19.9. The number of aryl methyl sites for hydroxylation is 1. The van der Waals surface area contributed by atoms with E-state index >= 15 is 0 Å². The molecule has 146 valence electrons. The van der Waals surface area contributed by atoms with Crippen molar-refractivity contribution in [2.24, 2.45) is 0 Å². The third-order valence-corrected chi connectivity index (χ3v) is 5.78. The molecule has 5 nitrogen and oxygen atoms in total. The SMILES string of the molecule is Cc1nnc(SCC(=O)NC(C)Cc2ccc(Br)cc2)n1Cc1ccccc1. The Morgan fingerprint density at radius 1 is 1.11 bits per heavy atom. The number of benzene rings is 2. The van der Waals surface area contributed by atoms with Gasteiger partial charge in [0.1, 0.15) is 5.82 Å². The monoisotopic (exact) mass is 458 g/mol. The van der Waals surface area contributed by atoms with Gasteiger partial charge in [-0.1, -0.05) is 70.2 Å². The average Bonchev–Trinajstić information content (AvgIpc) is 3.02. The van der Waals surface area contributed by atoms with Crippen molar-refractivity contribution >= 4 is 33.6 Å². The second-order valence-electron chi connectivity index (χ2n) is 6.69. The molecular weight excluding hydrogens is 436 g/mol. The van der Waals surface area contributed by atoms with Gasteiger partial charge in [-0.25, -0.2) is 0 Å². The number of carbonyl (C=O) groups excluding carboxylic acids is 1. The molecule has 7 heteroatoms. The summed E-state index contributed by atoms with van der Waals surface area (Å²) in [4.78, 5) is 12.4. The van der Waals surface area contributed by atoms with E-state index in [4.69, 9.17) is 0 Å². The third kappa shape index (κ3) is 5.94. The van der Waals surface area contributed by atoms with Crippen LogP contribution in [0.25, 0.3) is 0 Å². The molecule has 0 radical (unpaired) electrons. The van der Waals surface area contributed by atoms with E-state index in [1.807, 2.05) is 48.7 Å². The molecule has 3 rings (SSSR count). The van der Waals surface area contributed by atoms with Crippen LogP contribution < -0.4 is 5.32 Å². The molecule has 1 heterocycles. The fourth-order valence-electron chi connectivity index (χ4n) is 2.89. The number of amides is 1. The first-order valence-electron chi connectivity index (χ1n) is 9.11. The molecule has 0 aliphatic heterocycles. The summed E-state index contributed by atoms with van der Waals surface area (Å²) in [5.74, 6) is 1.16. The molecule has 0 fully saturated rings. The lowest BCUT2D eigenvalue weighted by molar-refractivity contribution is -0.119. The van der Waals surface area contributed by atoms with Gasteiger partial charge < -0.3 is 9.88 Å². The molecule has 0 aliphatic carbocycles. The minimum Gasteiger partial charge on any atom is -0.353 e. The molecule has 1 unspecified atom stereocenters. The first-order chi connectivity index (χ1) is 13.5. The Hall–Kier alpha value is -2.12. The first kappa shape index (κ1) is 20.6. The predicted molar refractivity (Wildman–Crippen MR) is 116 cm³/mol. The van der Waals surface area contributed by atoms with Crippen LogP contribution in [0, 0.1) is 6.92 Å². The van der Waals surface area contributed by atoms with Crippen LogP contribution in [-0.4, -0.2) is 32.5 Å². The second kappa shape index (κ2) is 9.89. The van der Waals surface area contributed by atoms with Crippen LogP contribution in [0.3, 0.4) is 0 Å². The highest BCUT2D eigenvalue weighted by Gasteiger charge is 2.14. The topological polar surface area (TPSA) is 59.8 Å². The van der Waals surface area contributed by atoms with E-state index in [9.17, 15) is 4.79 Å². The molecule has 0 bridgehead atoms. The van der Waals surface area contributed by atoms with Crippen LogP contribution in [0.4, 0.5) is 0 Å². The largest absolute Gasteiger partial charge is 0.353 e.